The number of piperazine rings is 1. The van der Waals surface area contributed by atoms with Crippen molar-refractivity contribution in [2.75, 3.05) is 62.2 Å². The zero-order chi connectivity index (χ0) is 28.9. The molecule has 3 aliphatic rings. The summed E-state index contributed by atoms with van der Waals surface area (Å²) >= 11 is 5.93. The second kappa shape index (κ2) is 10.6. The Morgan fingerprint density at radius 2 is 1.73 bits per heavy atom. The van der Waals surface area contributed by atoms with Gasteiger partial charge in [0.1, 0.15) is 5.82 Å². The second-order valence-corrected chi connectivity index (χ2v) is 10.8. The Morgan fingerprint density at radius 3 is 2.39 bits per heavy atom. The molecule has 0 saturated carbocycles. The van der Waals surface area contributed by atoms with E-state index < -0.39 is 18.1 Å². The Labute approximate surface area is 238 Å². The van der Waals surface area contributed by atoms with Gasteiger partial charge in [0, 0.05) is 74.0 Å². The Morgan fingerprint density at radius 1 is 1.00 bits per heavy atom. The van der Waals surface area contributed by atoms with Crippen LogP contribution in [0.5, 0.6) is 0 Å². The number of aliphatic hydroxyl groups is 1. The van der Waals surface area contributed by atoms with Gasteiger partial charge in [0.25, 0.3) is 5.91 Å². The number of alkyl halides is 3. The molecule has 0 bridgehead atoms. The van der Waals surface area contributed by atoms with Gasteiger partial charge in [-0.2, -0.15) is 13.2 Å². The third-order valence-corrected chi connectivity index (χ3v) is 8.05. The van der Waals surface area contributed by atoms with E-state index in [9.17, 15) is 27.9 Å². The fourth-order valence-electron chi connectivity index (χ4n) is 5.69. The van der Waals surface area contributed by atoms with Crippen molar-refractivity contribution in [2.24, 2.45) is 0 Å². The number of nitrogens with one attached hydrogen (secondary N) is 1. The molecule has 3 saturated heterocycles. The van der Waals surface area contributed by atoms with Crippen LogP contribution in [0, 0.1) is 0 Å². The van der Waals surface area contributed by atoms with Crippen molar-refractivity contribution in [1.29, 1.82) is 0 Å². The van der Waals surface area contributed by atoms with Gasteiger partial charge in [-0.3, -0.25) is 14.6 Å². The molecule has 1 aromatic heterocycles. The number of halogens is 4. The van der Waals surface area contributed by atoms with E-state index in [0.717, 1.165) is 0 Å². The number of nitrogens with zero attached hydrogens (tertiary/aromatic N) is 6. The van der Waals surface area contributed by atoms with Gasteiger partial charge in [-0.05, 0) is 42.5 Å². The quantitative estimate of drug-likeness (QED) is 0.482. The van der Waals surface area contributed by atoms with Crippen LogP contribution in [0.25, 0.3) is 10.9 Å². The molecule has 14 heteroatoms. The molecule has 2 N–H and O–H groups in total. The number of aromatic nitrogens is 2. The number of hydrogen-bond acceptors (Lipinski definition) is 7. The normalized spacial score (nSPS) is 22.1. The molecule has 0 radical (unpaired) electrons. The lowest BCUT2D eigenvalue weighted by molar-refractivity contribution is -0.144. The topological polar surface area (TPSA) is 105 Å². The molecule has 3 aromatic rings. The standard InChI is InChI=1S/C27H27ClF3N7O3/c28-17-3-1-16(2-4-17)24(40)36-11-9-35(10-12-36)21-14-37(15-22(21)39)23-19-13-18(38-8-7-32-26(38)41)5-6-20(19)33-25(34-23)27(29,30)31/h1-6,13,21-22,39H,7-12,14-15H2,(H,32,41). The largest absolute Gasteiger partial charge is 0.451 e. The van der Waals surface area contributed by atoms with Crippen molar-refractivity contribution in [3.05, 3.63) is 58.9 Å². The Kier molecular flexibility index (Phi) is 7.12. The summed E-state index contributed by atoms with van der Waals surface area (Å²) in [5.74, 6) is -1.31. The number of β-amino-alcohol motifs (C(OH)–C–C–N with tert-alkyl or cyclic N) is 1. The van der Waals surface area contributed by atoms with Gasteiger partial charge in [0.05, 0.1) is 17.7 Å². The van der Waals surface area contributed by atoms with E-state index in [1.54, 1.807) is 46.2 Å². The molecule has 4 heterocycles. The molecule has 2 aromatic carbocycles. The molecule has 41 heavy (non-hydrogen) atoms. The Balaban J connectivity index is 1.23. The van der Waals surface area contributed by atoms with Crippen LogP contribution in [-0.2, 0) is 6.18 Å². The highest BCUT2D eigenvalue weighted by atomic mass is 35.5. The number of anilines is 2. The van der Waals surface area contributed by atoms with Gasteiger partial charge in [-0.15, -0.1) is 0 Å². The monoisotopic (exact) mass is 589 g/mol. The summed E-state index contributed by atoms with van der Waals surface area (Å²) < 4.78 is 41.2. The van der Waals surface area contributed by atoms with Crippen LogP contribution in [0.2, 0.25) is 5.02 Å². The van der Waals surface area contributed by atoms with E-state index in [1.807, 2.05) is 0 Å². The minimum atomic E-state index is -4.76. The van der Waals surface area contributed by atoms with Crippen LogP contribution in [0.1, 0.15) is 16.2 Å². The minimum Gasteiger partial charge on any atom is -0.390 e. The average Bonchev–Trinajstić information content (AvgIpc) is 3.57. The number of aliphatic hydroxyl groups excluding tert-OH is 1. The average molecular weight is 590 g/mol. The fourth-order valence-corrected chi connectivity index (χ4v) is 5.81. The van der Waals surface area contributed by atoms with Gasteiger partial charge >= 0.3 is 12.2 Å². The molecule has 3 fully saturated rings. The van der Waals surface area contributed by atoms with Crippen molar-refractivity contribution in [3.8, 4) is 0 Å². The van der Waals surface area contributed by atoms with Gasteiger partial charge in [0.2, 0.25) is 5.82 Å². The number of rotatable bonds is 4. The number of urea groups is 1. The van der Waals surface area contributed by atoms with Crippen LogP contribution in [0.3, 0.4) is 0 Å². The van der Waals surface area contributed by atoms with Gasteiger partial charge in [0.15, 0.2) is 0 Å². The highest BCUT2D eigenvalue weighted by Gasteiger charge is 2.41. The van der Waals surface area contributed by atoms with Crippen LogP contribution < -0.4 is 15.1 Å². The number of carbonyl (C=O) groups is 2. The van der Waals surface area contributed by atoms with E-state index in [1.165, 1.54) is 11.0 Å². The predicted molar refractivity (Wildman–Crippen MR) is 146 cm³/mol. The maximum absolute atomic E-state index is 13.7. The summed E-state index contributed by atoms with van der Waals surface area (Å²) in [5.41, 5.74) is 1.16. The lowest BCUT2D eigenvalue weighted by Gasteiger charge is -2.38. The summed E-state index contributed by atoms with van der Waals surface area (Å²) in [6.45, 7) is 3.10. The molecule has 0 spiro atoms. The minimum absolute atomic E-state index is 0.0573. The van der Waals surface area contributed by atoms with Gasteiger partial charge in [-0.25, -0.2) is 14.8 Å². The third kappa shape index (κ3) is 5.36. The first-order valence-corrected chi connectivity index (χ1v) is 13.6. The maximum atomic E-state index is 13.7. The lowest BCUT2D eigenvalue weighted by atomic mass is 10.1. The number of amides is 3. The Hall–Kier alpha value is -3.68. The van der Waals surface area contributed by atoms with Crippen molar-refractivity contribution < 1.29 is 27.9 Å². The molecule has 3 aliphatic heterocycles. The molecular weight excluding hydrogens is 563 g/mol. The number of hydrogen-bond donors (Lipinski definition) is 2. The first-order chi connectivity index (χ1) is 19.6. The molecule has 2 atom stereocenters. The Bertz CT molecular complexity index is 1480. The molecule has 0 aliphatic carbocycles. The van der Waals surface area contributed by atoms with Crippen molar-refractivity contribution in [3.63, 3.8) is 0 Å². The van der Waals surface area contributed by atoms with Gasteiger partial charge < -0.3 is 20.2 Å². The molecule has 2 unspecified atom stereocenters. The first-order valence-electron chi connectivity index (χ1n) is 13.2. The number of benzene rings is 2. The summed E-state index contributed by atoms with van der Waals surface area (Å²) in [6.07, 6.45) is -5.61. The van der Waals surface area contributed by atoms with Crippen molar-refractivity contribution in [2.45, 2.75) is 18.3 Å². The zero-order valence-electron chi connectivity index (χ0n) is 21.8. The zero-order valence-corrected chi connectivity index (χ0v) is 22.6. The molecule has 216 valence electrons. The van der Waals surface area contributed by atoms with Crippen LogP contribution in [0.4, 0.5) is 29.5 Å². The van der Waals surface area contributed by atoms with E-state index in [2.05, 4.69) is 20.2 Å². The van der Waals surface area contributed by atoms with Crippen LogP contribution in [0.15, 0.2) is 42.5 Å². The summed E-state index contributed by atoms with van der Waals surface area (Å²) in [7, 11) is 0. The first kappa shape index (κ1) is 27.5. The number of fused-ring (bicyclic) bond motifs is 1. The molecular formula is C27H27ClF3N7O3. The smallest absolute Gasteiger partial charge is 0.390 e. The maximum Gasteiger partial charge on any atom is 0.451 e. The van der Waals surface area contributed by atoms with Crippen molar-refractivity contribution >= 4 is 45.9 Å². The van der Waals surface area contributed by atoms with Crippen molar-refractivity contribution in [1.82, 2.24) is 25.1 Å². The number of carbonyl (C=O) groups excluding carboxylic acids is 2. The van der Waals surface area contributed by atoms with Gasteiger partial charge in [-0.1, -0.05) is 11.6 Å². The summed E-state index contributed by atoms with van der Waals surface area (Å²) in [5, 5.41) is 14.6. The van der Waals surface area contributed by atoms with E-state index in [-0.39, 0.29) is 42.4 Å². The summed E-state index contributed by atoms with van der Waals surface area (Å²) in [4.78, 5) is 39.7. The second-order valence-electron chi connectivity index (χ2n) is 10.3. The highest BCUT2D eigenvalue weighted by molar-refractivity contribution is 6.30. The third-order valence-electron chi connectivity index (χ3n) is 7.80. The molecule has 3 amide bonds. The molecule has 6 rings (SSSR count). The lowest BCUT2D eigenvalue weighted by Crippen LogP contribution is -2.54. The molecule has 10 nitrogen and oxygen atoms in total. The van der Waals surface area contributed by atoms with Crippen LogP contribution >= 0.6 is 11.6 Å². The van der Waals surface area contributed by atoms with E-state index >= 15 is 0 Å². The van der Waals surface area contributed by atoms with Crippen LogP contribution in [-0.4, -0.2) is 101 Å². The fraction of sp³-hybridized carbons (Fsp3) is 0.407. The predicted octanol–water partition coefficient (Wildman–Crippen LogP) is 2.84. The van der Waals surface area contributed by atoms with E-state index in [4.69, 9.17) is 11.6 Å². The highest BCUT2D eigenvalue weighted by Crippen LogP contribution is 2.35. The summed E-state index contributed by atoms with van der Waals surface area (Å²) in [6, 6.07) is 10.7. The van der Waals surface area contributed by atoms with E-state index in [0.29, 0.717) is 60.9 Å². The SMILES string of the molecule is O=C(c1ccc(Cl)cc1)N1CCN(C2CN(c3nc(C(F)(F)F)nc4ccc(N5CCNC5=O)cc34)CC2O)CC1.